The number of fused-ring (bicyclic) bond motifs is 2. The van der Waals surface area contributed by atoms with Crippen LogP contribution in [0.4, 0.5) is 5.82 Å². The van der Waals surface area contributed by atoms with Crippen molar-refractivity contribution < 1.29 is 14.3 Å². The maximum absolute atomic E-state index is 11.7. The lowest BCUT2D eigenvalue weighted by atomic mass is 10.1. The molecule has 1 amide bonds. The molecule has 0 atom stereocenters. The average molecular weight is 285 g/mol. The van der Waals surface area contributed by atoms with E-state index in [1.54, 1.807) is 6.20 Å². The third-order valence-corrected chi connectivity index (χ3v) is 3.62. The van der Waals surface area contributed by atoms with Crippen molar-refractivity contribution in [2.45, 2.75) is 18.9 Å². The minimum Gasteiger partial charge on any atom is -0.454 e. The summed E-state index contributed by atoms with van der Waals surface area (Å²) < 4.78 is 10.8. The summed E-state index contributed by atoms with van der Waals surface area (Å²) in [5.41, 5.74) is 0. The number of amides is 1. The minimum absolute atomic E-state index is 0.00273. The average Bonchev–Trinajstić information content (AvgIpc) is 3.18. The number of pyridine rings is 1. The van der Waals surface area contributed by atoms with Crippen LogP contribution in [-0.4, -0.2) is 30.3 Å². The maximum atomic E-state index is 11.7. The first-order valence-electron chi connectivity index (χ1n) is 7.01. The van der Waals surface area contributed by atoms with Gasteiger partial charge >= 0.3 is 0 Å². The van der Waals surface area contributed by atoms with E-state index in [9.17, 15) is 4.79 Å². The summed E-state index contributed by atoms with van der Waals surface area (Å²) in [5.74, 6) is 2.13. The highest BCUT2D eigenvalue weighted by Gasteiger charge is 2.23. The number of hydrogen-bond donors (Lipinski definition) is 2. The van der Waals surface area contributed by atoms with Crippen molar-refractivity contribution in [1.82, 2.24) is 10.3 Å². The van der Waals surface area contributed by atoms with E-state index in [-0.39, 0.29) is 19.2 Å². The van der Waals surface area contributed by atoms with E-state index in [1.807, 2.05) is 18.2 Å². The molecule has 2 aromatic rings. The van der Waals surface area contributed by atoms with Crippen molar-refractivity contribution >= 4 is 22.5 Å². The van der Waals surface area contributed by atoms with E-state index in [2.05, 4.69) is 15.6 Å². The fourth-order valence-corrected chi connectivity index (χ4v) is 2.37. The van der Waals surface area contributed by atoms with Crippen molar-refractivity contribution in [3.8, 4) is 11.5 Å². The number of nitrogens with one attached hydrogen (secondary N) is 2. The SMILES string of the molecule is O=C(CNc1nccc2cc3c(cc12)OCO3)NC1CC1. The fraction of sp³-hybridized carbons (Fsp3) is 0.333. The van der Waals surface area contributed by atoms with Gasteiger partial charge in [-0.1, -0.05) is 0 Å². The van der Waals surface area contributed by atoms with Crippen molar-refractivity contribution in [2.75, 3.05) is 18.7 Å². The second-order valence-electron chi connectivity index (χ2n) is 5.28. The number of carbonyl (C=O) groups is 1. The van der Waals surface area contributed by atoms with E-state index in [1.165, 1.54) is 0 Å². The molecule has 1 aliphatic carbocycles. The van der Waals surface area contributed by atoms with Crippen LogP contribution in [0.5, 0.6) is 11.5 Å². The molecule has 1 saturated carbocycles. The lowest BCUT2D eigenvalue weighted by Gasteiger charge is -2.09. The topological polar surface area (TPSA) is 72.5 Å². The molecule has 4 rings (SSSR count). The minimum atomic E-state index is -0.00273. The van der Waals surface area contributed by atoms with Gasteiger partial charge in [0.05, 0.1) is 6.54 Å². The monoisotopic (exact) mass is 285 g/mol. The third kappa shape index (κ3) is 2.44. The van der Waals surface area contributed by atoms with Crippen molar-refractivity contribution in [2.24, 2.45) is 0 Å². The van der Waals surface area contributed by atoms with Crippen molar-refractivity contribution in [3.05, 3.63) is 24.4 Å². The van der Waals surface area contributed by atoms with Gasteiger partial charge in [-0.3, -0.25) is 4.79 Å². The molecule has 108 valence electrons. The molecule has 21 heavy (non-hydrogen) atoms. The van der Waals surface area contributed by atoms with E-state index >= 15 is 0 Å². The second-order valence-corrected chi connectivity index (χ2v) is 5.28. The van der Waals surface area contributed by atoms with Crippen LogP contribution in [0.25, 0.3) is 10.8 Å². The summed E-state index contributed by atoms with van der Waals surface area (Å²) in [6.45, 7) is 0.461. The summed E-state index contributed by atoms with van der Waals surface area (Å²) in [6, 6.07) is 6.10. The molecule has 1 aromatic heterocycles. The highest BCUT2D eigenvalue weighted by atomic mass is 16.7. The predicted octanol–water partition coefficient (Wildman–Crippen LogP) is 1.65. The number of aromatic nitrogens is 1. The Morgan fingerprint density at radius 3 is 2.90 bits per heavy atom. The zero-order chi connectivity index (χ0) is 14.2. The second kappa shape index (κ2) is 4.80. The van der Waals surface area contributed by atoms with Gasteiger partial charge in [-0.2, -0.15) is 0 Å². The first kappa shape index (κ1) is 12.3. The quantitative estimate of drug-likeness (QED) is 0.893. The number of ether oxygens (including phenoxy) is 2. The highest BCUT2D eigenvalue weighted by Crippen LogP contribution is 2.37. The number of carbonyl (C=O) groups excluding carboxylic acids is 1. The molecule has 2 heterocycles. The molecule has 1 aliphatic heterocycles. The molecule has 1 aromatic carbocycles. The van der Waals surface area contributed by atoms with Gasteiger partial charge in [-0.15, -0.1) is 0 Å². The van der Waals surface area contributed by atoms with Gasteiger partial charge in [-0.05, 0) is 36.4 Å². The van der Waals surface area contributed by atoms with Gasteiger partial charge in [0.15, 0.2) is 11.5 Å². The molecule has 2 N–H and O–H groups in total. The van der Waals surface area contributed by atoms with Crippen molar-refractivity contribution in [3.63, 3.8) is 0 Å². The maximum Gasteiger partial charge on any atom is 0.239 e. The van der Waals surface area contributed by atoms with Crippen LogP contribution in [0, 0.1) is 0 Å². The van der Waals surface area contributed by atoms with Crippen LogP contribution in [0.1, 0.15) is 12.8 Å². The van der Waals surface area contributed by atoms with Gasteiger partial charge in [0.2, 0.25) is 12.7 Å². The highest BCUT2D eigenvalue weighted by molar-refractivity contribution is 5.95. The van der Waals surface area contributed by atoms with Crippen LogP contribution < -0.4 is 20.1 Å². The molecular formula is C15H15N3O3. The smallest absolute Gasteiger partial charge is 0.239 e. The molecule has 0 bridgehead atoms. The molecule has 6 heteroatoms. The Kier molecular flexibility index (Phi) is 2.80. The van der Waals surface area contributed by atoms with Crippen LogP contribution >= 0.6 is 0 Å². The molecular weight excluding hydrogens is 270 g/mol. The summed E-state index contributed by atoms with van der Waals surface area (Å²) >= 11 is 0. The third-order valence-electron chi connectivity index (χ3n) is 3.62. The molecule has 0 unspecified atom stereocenters. The molecule has 0 saturated heterocycles. The van der Waals surface area contributed by atoms with Crippen LogP contribution in [0.3, 0.4) is 0 Å². The number of rotatable bonds is 4. The fourth-order valence-electron chi connectivity index (χ4n) is 2.37. The van der Waals surface area contributed by atoms with Crippen molar-refractivity contribution in [1.29, 1.82) is 0 Å². The Morgan fingerprint density at radius 1 is 1.29 bits per heavy atom. The predicted molar refractivity (Wildman–Crippen MR) is 77.5 cm³/mol. The number of benzene rings is 1. The van der Waals surface area contributed by atoms with Crippen LogP contribution in [0.2, 0.25) is 0 Å². The lowest BCUT2D eigenvalue weighted by Crippen LogP contribution is -2.31. The number of hydrogen-bond acceptors (Lipinski definition) is 5. The summed E-state index contributed by atoms with van der Waals surface area (Å²) in [7, 11) is 0. The summed E-state index contributed by atoms with van der Waals surface area (Å²) in [5, 5.41) is 7.95. The van der Waals surface area contributed by atoms with Gasteiger partial charge in [0, 0.05) is 17.6 Å². The van der Waals surface area contributed by atoms with Crippen LogP contribution in [0.15, 0.2) is 24.4 Å². The zero-order valence-electron chi connectivity index (χ0n) is 11.4. The zero-order valence-corrected chi connectivity index (χ0v) is 11.4. The van der Waals surface area contributed by atoms with E-state index in [0.717, 1.165) is 29.4 Å². The Balaban J connectivity index is 1.57. The van der Waals surface area contributed by atoms with E-state index in [0.29, 0.717) is 17.6 Å². The van der Waals surface area contributed by atoms with Crippen LogP contribution in [-0.2, 0) is 4.79 Å². The Morgan fingerprint density at radius 2 is 2.10 bits per heavy atom. The first-order chi connectivity index (χ1) is 10.3. The van der Waals surface area contributed by atoms with Gasteiger partial charge in [0.25, 0.3) is 0 Å². The summed E-state index contributed by atoms with van der Waals surface area (Å²) in [6.07, 6.45) is 3.88. The molecule has 2 aliphatic rings. The van der Waals surface area contributed by atoms with E-state index < -0.39 is 0 Å². The van der Waals surface area contributed by atoms with Gasteiger partial charge in [-0.25, -0.2) is 4.98 Å². The molecule has 6 nitrogen and oxygen atoms in total. The Hall–Kier alpha value is -2.50. The normalized spacial score (nSPS) is 16.0. The Bertz CT molecular complexity index is 713. The standard InChI is InChI=1S/C15H15N3O3/c19-14(18-10-1-2-10)7-17-15-11-6-13-12(20-8-21-13)5-9(11)3-4-16-15/h3-6,10H,1-2,7-8H2,(H,16,17)(H,18,19). The molecule has 0 radical (unpaired) electrons. The molecule has 0 spiro atoms. The van der Waals surface area contributed by atoms with Gasteiger partial charge in [0.1, 0.15) is 5.82 Å². The largest absolute Gasteiger partial charge is 0.454 e. The first-order valence-corrected chi connectivity index (χ1v) is 7.01. The molecule has 1 fully saturated rings. The number of nitrogens with zero attached hydrogens (tertiary/aromatic N) is 1. The lowest BCUT2D eigenvalue weighted by molar-refractivity contribution is -0.119. The van der Waals surface area contributed by atoms with Gasteiger partial charge < -0.3 is 20.1 Å². The Labute approximate surface area is 121 Å². The summed E-state index contributed by atoms with van der Waals surface area (Å²) in [4.78, 5) is 16.1. The van der Waals surface area contributed by atoms with E-state index in [4.69, 9.17) is 9.47 Å². The number of anilines is 1.